The van der Waals surface area contributed by atoms with Crippen molar-refractivity contribution in [2.24, 2.45) is 0 Å². The van der Waals surface area contributed by atoms with Crippen LogP contribution < -0.4 is 15.8 Å². The molecular formula is C14H12F2N2O2. The van der Waals surface area contributed by atoms with Crippen LogP contribution in [0.25, 0.3) is 0 Å². The Labute approximate surface area is 114 Å². The van der Waals surface area contributed by atoms with Gasteiger partial charge >= 0.3 is 0 Å². The van der Waals surface area contributed by atoms with Gasteiger partial charge in [0.25, 0.3) is 5.91 Å². The van der Waals surface area contributed by atoms with Gasteiger partial charge in [0.1, 0.15) is 22.9 Å². The summed E-state index contributed by atoms with van der Waals surface area (Å²) in [5, 5.41) is 2.27. The molecule has 0 saturated heterocycles. The number of amides is 1. The number of nitrogens with one attached hydrogen (secondary N) is 1. The first-order valence-corrected chi connectivity index (χ1v) is 5.72. The Kier molecular flexibility index (Phi) is 3.84. The van der Waals surface area contributed by atoms with Crippen molar-refractivity contribution in [2.45, 2.75) is 0 Å². The van der Waals surface area contributed by atoms with E-state index in [9.17, 15) is 13.6 Å². The van der Waals surface area contributed by atoms with Crippen LogP contribution in [-0.4, -0.2) is 13.0 Å². The lowest BCUT2D eigenvalue weighted by Crippen LogP contribution is -2.16. The lowest BCUT2D eigenvalue weighted by Gasteiger charge is -2.11. The molecule has 0 aliphatic carbocycles. The van der Waals surface area contributed by atoms with Gasteiger partial charge in [-0.3, -0.25) is 4.79 Å². The van der Waals surface area contributed by atoms with E-state index in [1.165, 1.54) is 31.4 Å². The van der Waals surface area contributed by atoms with Crippen molar-refractivity contribution in [1.82, 2.24) is 0 Å². The van der Waals surface area contributed by atoms with Crippen molar-refractivity contribution in [3.63, 3.8) is 0 Å². The molecule has 0 bridgehead atoms. The summed E-state index contributed by atoms with van der Waals surface area (Å²) in [7, 11) is 1.31. The largest absolute Gasteiger partial charge is 0.496 e. The van der Waals surface area contributed by atoms with Gasteiger partial charge in [0.2, 0.25) is 0 Å². The summed E-state index contributed by atoms with van der Waals surface area (Å²) in [5.74, 6) is -2.18. The zero-order valence-corrected chi connectivity index (χ0v) is 10.6. The van der Waals surface area contributed by atoms with Gasteiger partial charge in [0.15, 0.2) is 0 Å². The minimum atomic E-state index is -0.815. The Hall–Kier alpha value is -2.63. The lowest BCUT2D eigenvalue weighted by molar-refractivity contribution is 0.101. The van der Waals surface area contributed by atoms with Gasteiger partial charge in [0, 0.05) is 5.69 Å². The molecule has 0 spiro atoms. The van der Waals surface area contributed by atoms with E-state index >= 15 is 0 Å². The van der Waals surface area contributed by atoms with E-state index in [4.69, 9.17) is 10.5 Å². The van der Waals surface area contributed by atoms with Crippen LogP contribution in [0.3, 0.4) is 0 Å². The number of methoxy groups -OCH3 is 1. The number of benzene rings is 2. The maximum absolute atomic E-state index is 13.7. The van der Waals surface area contributed by atoms with Gasteiger partial charge in [-0.1, -0.05) is 6.07 Å². The molecule has 0 atom stereocenters. The SMILES string of the molecule is COc1cccc(F)c1C(=O)Nc1cc(N)ccc1F. The van der Waals surface area contributed by atoms with Crippen LogP contribution >= 0.6 is 0 Å². The quantitative estimate of drug-likeness (QED) is 0.848. The molecule has 2 aromatic carbocycles. The first-order chi connectivity index (χ1) is 9.52. The Bertz CT molecular complexity index is 660. The molecular weight excluding hydrogens is 266 g/mol. The predicted octanol–water partition coefficient (Wildman–Crippen LogP) is 2.81. The van der Waals surface area contributed by atoms with Crippen molar-refractivity contribution in [3.8, 4) is 5.75 Å². The number of halogens is 2. The number of anilines is 2. The van der Waals surface area contributed by atoms with Gasteiger partial charge < -0.3 is 15.8 Å². The molecule has 0 aromatic heterocycles. The summed E-state index contributed by atoms with van der Waals surface area (Å²) < 4.78 is 32.2. The van der Waals surface area contributed by atoms with Crippen LogP contribution in [0.5, 0.6) is 5.75 Å². The fourth-order valence-corrected chi connectivity index (χ4v) is 1.72. The zero-order chi connectivity index (χ0) is 14.7. The van der Waals surface area contributed by atoms with Crippen LogP contribution in [0.2, 0.25) is 0 Å². The van der Waals surface area contributed by atoms with Crippen LogP contribution in [0.1, 0.15) is 10.4 Å². The molecule has 104 valence electrons. The minimum Gasteiger partial charge on any atom is -0.496 e. The summed E-state index contributed by atoms with van der Waals surface area (Å²) in [4.78, 5) is 12.0. The van der Waals surface area contributed by atoms with Gasteiger partial charge in [-0.15, -0.1) is 0 Å². The van der Waals surface area contributed by atoms with E-state index in [1.54, 1.807) is 0 Å². The molecule has 0 aliphatic heterocycles. The molecule has 0 fully saturated rings. The van der Waals surface area contributed by atoms with E-state index < -0.39 is 17.5 Å². The van der Waals surface area contributed by atoms with Gasteiger partial charge in [-0.2, -0.15) is 0 Å². The number of hydrogen-bond acceptors (Lipinski definition) is 3. The smallest absolute Gasteiger partial charge is 0.262 e. The van der Waals surface area contributed by atoms with E-state index in [-0.39, 0.29) is 22.7 Å². The fourth-order valence-electron chi connectivity index (χ4n) is 1.72. The highest BCUT2D eigenvalue weighted by Crippen LogP contribution is 2.24. The molecule has 2 aromatic rings. The number of carbonyl (C=O) groups excluding carboxylic acids is 1. The van der Waals surface area contributed by atoms with Crippen LogP contribution in [0.15, 0.2) is 36.4 Å². The maximum atomic E-state index is 13.7. The lowest BCUT2D eigenvalue weighted by atomic mass is 10.1. The molecule has 0 saturated carbocycles. The number of carbonyl (C=O) groups is 1. The van der Waals surface area contributed by atoms with Crippen molar-refractivity contribution in [3.05, 3.63) is 53.6 Å². The second-order valence-corrected chi connectivity index (χ2v) is 4.01. The molecule has 6 heteroatoms. The highest BCUT2D eigenvalue weighted by atomic mass is 19.1. The molecule has 0 radical (unpaired) electrons. The van der Waals surface area contributed by atoms with Crippen molar-refractivity contribution in [2.75, 3.05) is 18.2 Å². The summed E-state index contributed by atoms with van der Waals surface area (Å²) >= 11 is 0. The number of ether oxygens (including phenoxy) is 1. The van der Waals surface area contributed by atoms with Crippen LogP contribution in [-0.2, 0) is 0 Å². The average Bonchev–Trinajstić information content (AvgIpc) is 2.42. The Morgan fingerprint density at radius 1 is 1.20 bits per heavy atom. The molecule has 0 heterocycles. The van der Waals surface area contributed by atoms with Crippen molar-refractivity contribution in [1.29, 1.82) is 0 Å². The van der Waals surface area contributed by atoms with E-state index in [2.05, 4.69) is 5.32 Å². The third-order valence-electron chi connectivity index (χ3n) is 2.66. The highest BCUT2D eigenvalue weighted by molar-refractivity contribution is 6.06. The molecule has 2 rings (SSSR count). The second-order valence-electron chi connectivity index (χ2n) is 4.01. The first kappa shape index (κ1) is 13.8. The van der Waals surface area contributed by atoms with Gasteiger partial charge in [0.05, 0.1) is 12.8 Å². The molecule has 3 N–H and O–H groups in total. The first-order valence-electron chi connectivity index (χ1n) is 5.72. The molecule has 0 unspecified atom stereocenters. The van der Waals surface area contributed by atoms with Gasteiger partial charge in [-0.05, 0) is 30.3 Å². The summed E-state index contributed by atoms with van der Waals surface area (Å²) in [6, 6.07) is 7.69. The maximum Gasteiger partial charge on any atom is 0.262 e. The van der Waals surface area contributed by atoms with Crippen LogP contribution in [0, 0.1) is 11.6 Å². The number of hydrogen-bond donors (Lipinski definition) is 2. The highest BCUT2D eigenvalue weighted by Gasteiger charge is 2.18. The summed E-state index contributed by atoms with van der Waals surface area (Å²) in [6.07, 6.45) is 0. The normalized spacial score (nSPS) is 10.2. The van der Waals surface area contributed by atoms with E-state index in [0.717, 1.165) is 12.1 Å². The monoisotopic (exact) mass is 278 g/mol. The molecule has 1 amide bonds. The summed E-state index contributed by atoms with van der Waals surface area (Å²) in [5.41, 5.74) is 5.37. The topological polar surface area (TPSA) is 64.3 Å². The van der Waals surface area contributed by atoms with Gasteiger partial charge in [-0.25, -0.2) is 8.78 Å². The minimum absolute atomic E-state index is 0.0619. The molecule has 0 aliphatic rings. The number of nitrogen functional groups attached to an aromatic ring is 1. The molecule has 4 nitrogen and oxygen atoms in total. The van der Waals surface area contributed by atoms with Crippen molar-refractivity contribution < 1.29 is 18.3 Å². The van der Waals surface area contributed by atoms with E-state index in [0.29, 0.717) is 0 Å². The van der Waals surface area contributed by atoms with E-state index in [1.807, 2.05) is 0 Å². The summed E-state index contributed by atoms with van der Waals surface area (Å²) in [6.45, 7) is 0. The number of rotatable bonds is 3. The second kappa shape index (κ2) is 5.56. The Morgan fingerprint density at radius 2 is 1.95 bits per heavy atom. The zero-order valence-electron chi connectivity index (χ0n) is 10.6. The molecule has 20 heavy (non-hydrogen) atoms. The Morgan fingerprint density at radius 3 is 2.65 bits per heavy atom. The standard InChI is InChI=1S/C14H12F2N2O2/c1-20-12-4-2-3-10(16)13(12)14(19)18-11-7-8(17)5-6-9(11)15/h2-7H,17H2,1H3,(H,18,19). The third-order valence-corrected chi connectivity index (χ3v) is 2.66. The Balaban J connectivity index is 2.36. The van der Waals surface area contributed by atoms with Crippen molar-refractivity contribution >= 4 is 17.3 Å². The number of nitrogens with two attached hydrogens (primary N) is 1. The fraction of sp³-hybridized carbons (Fsp3) is 0.0714. The predicted molar refractivity (Wildman–Crippen MR) is 71.7 cm³/mol. The van der Waals surface area contributed by atoms with Crippen LogP contribution in [0.4, 0.5) is 20.2 Å². The average molecular weight is 278 g/mol. The third kappa shape index (κ3) is 2.69.